The van der Waals surface area contributed by atoms with E-state index in [1.54, 1.807) is 0 Å². The maximum Gasteiger partial charge on any atom is 0.0895 e. The van der Waals surface area contributed by atoms with Crippen LogP contribution in [0.15, 0.2) is 0 Å². The van der Waals surface area contributed by atoms with Gasteiger partial charge in [0.2, 0.25) is 0 Å². The first-order chi connectivity index (χ1) is 5.27. The molecule has 0 aromatic rings. The summed E-state index contributed by atoms with van der Waals surface area (Å²) in [6, 6.07) is 0. The molecule has 0 spiro atoms. The average Bonchev–Trinajstić information content (AvgIpc) is 2.03. The fourth-order valence-electron chi connectivity index (χ4n) is 1.46. The van der Waals surface area contributed by atoms with Gasteiger partial charge in [-0.05, 0) is 25.9 Å². The van der Waals surface area contributed by atoms with Gasteiger partial charge in [0.25, 0.3) is 0 Å². The van der Waals surface area contributed by atoms with Crippen LogP contribution in [0.1, 0.15) is 19.8 Å². The zero-order valence-electron chi connectivity index (χ0n) is 7.19. The lowest BCUT2D eigenvalue weighted by atomic mass is 9.94. The summed E-state index contributed by atoms with van der Waals surface area (Å²) in [5.74, 6) is 0. The molecule has 3 nitrogen and oxygen atoms in total. The molecular formula is C8H18N2O. The minimum absolute atomic E-state index is 0.492. The van der Waals surface area contributed by atoms with Crippen LogP contribution in [0, 0.1) is 0 Å². The van der Waals surface area contributed by atoms with Gasteiger partial charge in [0.05, 0.1) is 5.60 Å². The van der Waals surface area contributed by atoms with Gasteiger partial charge in [0, 0.05) is 13.1 Å². The number of β-amino-alcohol motifs (C(OH)–C–C–N with tert-alkyl or cyclic N) is 1. The maximum absolute atomic E-state index is 9.88. The Bertz CT molecular complexity index is 111. The predicted molar refractivity (Wildman–Crippen MR) is 45.6 cm³/mol. The number of rotatable bonds is 3. The quantitative estimate of drug-likeness (QED) is 0.529. The standard InChI is InChI=1S/C8H18N2O/c1-2-9-6-8(11)4-3-5-10-7-8/h9-11H,2-7H2,1H3. The van der Waals surface area contributed by atoms with E-state index in [0.29, 0.717) is 0 Å². The van der Waals surface area contributed by atoms with Gasteiger partial charge in [-0.1, -0.05) is 6.92 Å². The molecule has 0 saturated carbocycles. The highest BCUT2D eigenvalue weighted by Crippen LogP contribution is 2.13. The van der Waals surface area contributed by atoms with Crippen molar-refractivity contribution in [2.75, 3.05) is 26.2 Å². The van der Waals surface area contributed by atoms with Crippen LogP contribution in [0.2, 0.25) is 0 Å². The monoisotopic (exact) mass is 158 g/mol. The van der Waals surface area contributed by atoms with Crippen molar-refractivity contribution in [1.82, 2.24) is 10.6 Å². The van der Waals surface area contributed by atoms with Gasteiger partial charge in [-0.3, -0.25) is 0 Å². The molecule has 1 aliphatic rings. The van der Waals surface area contributed by atoms with E-state index in [2.05, 4.69) is 17.6 Å². The zero-order chi connectivity index (χ0) is 8.16. The molecule has 1 rings (SSSR count). The maximum atomic E-state index is 9.88. The van der Waals surface area contributed by atoms with Gasteiger partial charge in [-0.15, -0.1) is 0 Å². The van der Waals surface area contributed by atoms with Crippen LogP contribution in [0.25, 0.3) is 0 Å². The molecule has 0 amide bonds. The number of nitrogens with one attached hydrogen (secondary N) is 2. The third-order valence-corrected chi connectivity index (χ3v) is 2.15. The Morgan fingerprint density at radius 1 is 1.64 bits per heavy atom. The molecule has 1 fully saturated rings. The van der Waals surface area contributed by atoms with Crippen molar-refractivity contribution in [3.8, 4) is 0 Å². The molecule has 1 saturated heterocycles. The lowest BCUT2D eigenvalue weighted by molar-refractivity contribution is 0.0176. The summed E-state index contributed by atoms with van der Waals surface area (Å²) in [6.07, 6.45) is 2.01. The molecule has 1 heterocycles. The summed E-state index contributed by atoms with van der Waals surface area (Å²) in [5, 5.41) is 16.2. The predicted octanol–water partition coefficient (Wildman–Crippen LogP) is -0.290. The van der Waals surface area contributed by atoms with Crippen molar-refractivity contribution < 1.29 is 5.11 Å². The Labute approximate surface area is 68.2 Å². The number of likely N-dealkylation sites (N-methyl/N-ethyl adjacent to an activating group) is 1. The third kappa shape index (κ3) is 2.77. The first-order valence-corrected chi connectivity index (χ1v) is 4.41. The zero-order valence-corrected chi connectivity index (χ0v) is 7.19. The Morgan fingerprint density at radius 3 is 3.00 bits per heavy atom. The summed E-state index contributed by atoms with van der Waals surface area (Å²) in [4.78, 5) is 0. The fraction of sp³-hybridized carbons (Fsp3) is 1.00. The average molecular weight is 158 g/mol. The van der Waals surface area contributed by atoms with Crippen molar-refractivity contribution >= 4 is 0 Å². The molecule has 11 heavy (non-hydrogen) atoms. The van der Waals surface area contributed by atoms with Crippen molar-refractivity contribution in [3.05, 3.63) is 0 Å². The van der Waals surface area contributed by atoms with Crippen LogP contribution in [0.4, 0.5) is 0 Å². The Balaban J connectivity index is 2.25. The summed E-state index contributed by atoms with van der Waals surface area (Å²) in [5.41, 5.74) is -0.492. The minimum atomic E-state index is -0.492. The summed E-state index contributed by atoms with van der Waals surface area (Å²) in [7, 11) is 0. The van der Waals surface area contributed by atoms with Gasteiger partial charge in [0.1, 0.15) is 0 Å². The number of piperidine rings is 1. The second kappa shape index (κ2) is 4.04. The van der Waals surface area contributed by atoms with E-state index in [4.69, 9.17) is 0 Å². The van der Waals surface area contributed by atoms with Gasteiger partial charge < -0.3 is 15.7 Å². The first kappa shape index (κ1) is 8.97. The largest absolute Gasteiger partial charge is 0.387 e. The molecule has 0 aliphatic carbocycles. The normalized spacial score (nSPS) is 32.2. The molecule has 1 atom stereocenters. The van der Waals surface area contributed by atoms with E-state index in [-0.39, 0.29) is 0 Å². The van der Waals surface area contributed by atoms with E-state index in [9.17, 15) is 5.11 Å². The van der Waals surface area contributed by atoms with Crippen LogP contribution in [-0.4, -0.2) is 36.9 Å². The fourth-order valence-corrected chi connectivity index (χ4v) is 1.46. The highest BCUT2D eigenvalue weighted by Gasteiger charge is 2.27. The highest BCUT2D eigenvalue weighted by molar-refractivity contribution is 4.86. The van der Waals surface area contributed by atoms with Crippen LogP contribution < -0.4 is 10.6 Å². The van der Waals surface area contributed by atoms with Gasteiger partial charge >= 0.3 is 0 Å². The second-order valence-corrected chi connectivity index (χ2v) is 3.29. The van der Waals surface area contributed by atoms with Crippen molar-refractivity contribution in [1.29, 1.82) is 0 Å². The van der Waals surface area contributed by atoms with Crippen LogP contribution in [0.3, 0.4) is 0 Å². The topological polar surface area (TPSA) is 44.3 Å². The van der Waals surface area contributed by atoms with Crippen molar-refractivity contribution in [2.45, 2.75) is 25.4 Å². The van der Waals surface area contributed by atoms with Crippen molar-refractivity contribution in [2.24, 2.45) is 0 Å². The molecule has 0 bridgehead atoms. The molecule has 3 heteroatoms. The lowest BCUT2D eigenvalue weighted by Crippen LogP contribution is -2.51. The van der Waals surface area contributed by atoms with Crippen LogP contribution >= 0.6 is 0 Å². The molecule has 1 unspecified atom stereocenters. The first-order valence-electron chi connectivity index (χ1n) is 4.41. The molecule has 0 radical (unpaired) electrons. The van der Waals surface area contributed by atoms with E-state index in [1.807, 2.05) is 0 Å². The van der Waals surface area contributed by atoms with E-state index >= 15 is 0 Å². The SMILES string of the molecule is CCNCC1(O)CCCNC1. The van der Waals surface area contributed by atoms with E-state index in [1.165, 1.54) is 0 Å². The van der Waals surface area contributed by atoms with Crippen LogP contribution in [0.5, 0.6) is 0 Å². The van der Waals surface area contributed by atoms with Gasteiger partial charge in [-0.25, -0.2) is 0 Å². The van der Waals surface area contributed by atoms with Crippen LogP contribution in [-0.2, 0) is 0 Å². The minimum Gasteiger partial charge on any atom is -0.387 e. The number of aliphatic hydroxyl groups is 1. The van der Waals surface area contributed by atoms with E-state index in [0.717, 1.165) is 39.0 Å². The lowest BCUT2D eigenvalue weighted by Gasteiger charge is -2.32. The molecule has 0 aromatic heterocycles. The van der Waals surface area contributed by atoms with Crippen molar-refractivity contribution in [3.63, 3.8) is 0 Å². The Kier molecular flexibility index (Phi) is 3.30. The van der Waals surface area contributed by atoms with E-state index < -0.39 is 5.60 Å². The smallest absolute Gasteiger partial charge is 0.0895 e. The summed E-state index contributed by atoms with van der Waals surface area (Å²) >= 11 is 0. The molecule has 3 N–H and O–H groups in total. The number of hydrogen-bond donors (Lipinski definition) is 3. The van der Waals surface area contributed by atoms with Gasteiger partial charge in [0.15, 0.2) is 0 Å². The third-order valence-electron chi connectivity index (χ3n) is 2.15. The second-order valence-electron chi connectivity index (χ2n) is 3.29. The molecule has 0 aromatic carbocycles. The van der Waals surface area contributed by atoms with Gasteiger partial charge in [-0.2, -0.15) is 0 Å². The summed E-state index contributed by atoms with van der Waals surface area (Å²) in [6.45, 7) is 5.49. The number of hydrogen-bond acceptors (Lipinski definition) is 3. The molecule has 1 aliphatic heterocycles. The highest BCUT2D eigenvalue weighted by atomic mass is 16.3. The molecule has 66 valence electrons. The Hall–Kier alpha value is -0.120. The molecular weight excluding hydrogens is 140 g/mol. The summed E-state index contributed by atoms with van der Waals surface area (Å²) < 4.78 is 0. The Morgan fingerprint density at radius 2 is 2.45 bits per heavy atom.